The molecular formula is C50H88NO8P. The molecule has 346 valence electrons. The molecule has 0 aliphatic rings. The van der Waals surface area contributed by atoms with Gasteiger partial charge in [-0.2, -0.15) is 0 Å². The smallest absolute Gasteiger partial charge is 0.306 e. The summed E-state index contributed by atoms with van der Waals surface area (Å²) in [4.78, 5) is 37.6. The summed E-state index contributed by atoms with van der Waals surface area (Å²) in [6.45, 7) is 4.10. The standard InChI is InChI=1S/C50H88NO8P/c1-6-8-10-12-14-16-18-20-22-24-25-27-29-31-33-35-37-39-41-43-50(53)59-48(47-58-60(54,55)57-45-44-51(3,4)5)46-56-49(52)42-40-38-36-34-32-30-28-26-23-21-19-17-15-13-11-9-7-2/h14,16,20,22,25,27-28,30-31,33-34,36,48H,6-13,15,17-19,21,23-24,26,29,32,35,37-47H2,1-5H3/b16-14+,22-20+,27-25+,30-28+,33-31+,36-34+/t48-/m1/s1. The van der Waals surface area contributed by atoms with Gasteiger partial charge in [-0.05, 0) is 83.5 Å². The number of hydrogen-bond acceptors (Lipinski definition) is 8. The van der Waals surface area contributed by atoms with Crippen molar-refractivity contribution >= 4 is 19.8 Å². The van der Waals surface area contributed by atoms with E-state index in [2.05, 4.69) is 86.8 Å². The minimum atomic E-state index is -4.65. The van der Waals surface area contributed by atoms with E-state index in [4.69, 9.17) is 18.5 Å². The SMILES string of the molecule is CCCCC/C=C/C/C=C/C/C=C/C/C=C/CCCCCC(=O)O[C@H](COC(=O)CCC/C=C/C/C=C/CCCCCCCCCCC)COP(=O)([O-])OCC[N+](C)(C)C. The number of carbonyl (C=O) groups is 2. The number of rotatable bonds is 42. The highest BCUT2D eigenvalue weighted by Crippen LogP contribution is 2.38. The third kappa shape index (κ3) is 45.0. The van der Waals surface area contributed by atoms with Crippen LogP contribution in [0, 0.1) is 0 Å². The number of hydrogen-bond donors (Lipinski definition) is 0. The summed E-state index contributed by atoms with van der Waals surface area (Å²) in [5.41, 5.74) is 0. The van der Waals surface area contributed by atoms with Crippen molar-refractivity contribution in [3.63, 3.8) is 0 Å². The third-order valence-corrected chi connectivity index (χ3v) is 10.7. The summed E-state index contributed by atoms with van der Waals surface area (Å²) < 4.78 is 33.9. The van der Waals surface area contributed by atoms with Gasteiger partial charge in [0, 0.05) is 12.8 Å². The van der Waals surface area contributed by atoms with Crippen LogP contribution in [0.1, 0.15) is 181 Å². The maximum atomic E-state index is 12.7. The van der Waals surface area contributed by atoms with Crippen LogP contribution in [0.2, 0.25) is 0 Å². The highest BCUT2D eigenvalue weighted by molar-refractivity contribution is 7.45. The van der Waals surface area contributed by atoms with Gasteiger partial charge in [0.1, 0.15) is 19.8 Å². The van der Waals surface area contributed by atoms with Crippen molar-refractivity contribution in [2.75, 3.05) is 47.5 Å². The lowest BCUT2D eigenvalue weighted by atomic mass is 10.1. The van der Waals surface area contributed by atoms with E-state index in [0.29, 0.717) is 23.9 Å². The van der Waals surface area contributed by atoms with Gasteiger partial charge in [0.25, 0.3) is 7.82 Å². The molecule has 0 saturated carbocycles. The number of phosphoric ester groups is 1. The van der Waals surface area contributed by atoms with Gasteiger partial charge in [-0.15, -0.1) is 0 Å². The number of likely N-dealkylation sites (N-methyl/N-ethyl adjacent to an activating group) is 1. The van der Waals surface area contributed by atoms with Gasteiger partial charge in [-0.25, -0.2) is 0 Å². The Balaban J connectivity index is 4.46. The molecule has 0 fully saturated rings. The first-order chi connectivity index (χ1) is 29.0. The minimum absolute atomic E-state index is 0.0468. The summed E-state index contributed by atoms with van der Waals surface area (Å²) in [6.07, 6.45) is 52.2. The lowest BCUT2D eigenvalue weighted by molar-refractivity contribution is -0.870. The van der Waals surface area contributed by atoms with E-state index in [9.17, 15) is 19.0 Å². The molecule has 1 unspecified atom stereocenters. The van der Waals surface area contributed by atoms with Gasteiger partial charge in [0.15, 0.2) is 6.10 Å². The Morgan fingerprint density at radius 3 is 1.42 bits per heavy atom. The van der Waals surface area contributed by atoms with Crippen molar-refractivity contribution in [1.82, 2.24) is 0 Å². The molecule has 60 heavy (non-hydrogen) atoms. The van der Waals surface area contributed by atoms with Crippen molar-refractivity contribution in [3.8, 4) is 0 Å². The second kappa shape index (κ2) is 41.8. The summed E-state index contributed by atoms with van der Waals surface area (Å²) in [5, 5.41) is 0. The van der Waals surface area contributed by atoms with Crippen molar-refractivity contribution < 1.29 is 42.1 Å². The largest absolute Gasteiger partial charge is 0.756 e. The molecule has 0 aliphatic heterocycles. The highest BCUT2D eigenvalue weighted by Gasteiger charge is 2.21. The summed E-state index contributed by atoms with van der Waals surface area (Å²) >= 11 is 0. The number of nitrogens with zero attached hydrogens (tertiary/aromatic N) is 1. The molecule has 2 atom stereocenters. The van der Waals surface area contributed by atoms with Crippen molar-refractivity contribution in [1.29, 1.82) is 0 Å². The normalized spacial score (nSPS) is 14.2. The Kier molecular flexibility index (Phi) is 40.0. The average molecular weight is 862 g/mol. The number of carbonyl (C=O) groups excluding carboxylic acids is 2. The zero-order valence-electron chi connectivity index (χ0n) is 38.9. The Bertz CT molecular complexity index is 1250. The molecule has 10 heteroatoms. The minimum Gasteiger partial charge on any atom is -0.756 e. The number of esters is 2. The Hall–Kier alpha value is -2.55. The molecule has 0 rings (SSSR count). The van der Waals surface area contributed by atoms with Crippen LogP contribution in [-0.2, 0) is 32.7 Å². The quantitative estimate of drug-likeness (QED) is 0.0196. The van der Waals surface area contributed by atoms with Crippen LogP contribution >= 0.6 is 7.82 Å². The van der Waals surface area contributed by atoms with Gasteiger partial charge < -0.3 is 27.9 Å². The summed E-state index contributed by atoms with van der Waals surface area (Å²) in [7, 11) is 1.11. The number of unbranched alkanes of at least 4 members (excludes halogenated alkanes) is 16. The first-order valence-corrected chi connectivity index (χ1v) is 25.1. The zero-order valence-corrected chi connectivity index (χ0v) is 39.8. The fourth-order valence-corrected chi connectivity index (χ4v) is 6.70. The average Bonchev–Trinajstić information content (AvgIpc) is 3.20. The topological polar surface area (TPSA) is 111 Å². The third-order valence-electron chi connectivity index (χ3n) is 9.70. The molecule has 0 bridgehead atoms. The summed E-state index contributed by atoms with van der Waals surface area (Å²) in [5.74, 6) is -0.928. The van der Waals surface area contributed by atoms with Crippen LogP contribution in [0.5, 0.6) is 0 Å². The summed E-state index contributed by atoms with van der Waals surface area (Å²) in [6, 6.07) is 0. The van der Waals surface area contributed by atoms with Crippen LogP contribution in [-0.4, -0.2) is 70.0 Å². The monoisotopic (exact) mass is 862 g/mol. The number of ether oxygens (including phenoxy) is 2. The lowest BCUT2D eigenvalue weighted by Gasteiger charge is -2.28. The first kappa shape index (κ1) is 57.4. The molecule has 0 saturated heterocycles. The van der Waals surface area contributed by atoms with Gasteiger partial charge in [-0.1, -0.05) is 157 Å². The molecule has 0 spiro atoms. The number of quaternary nitrogens is 1. The maximum absolute atomic E-state index is 12.7. The predicted molar refractivity (Wildman–Crippen MR) is 249 cm³/mol. The Morgan fingerprint density at radius 1 is 0.517 bits per heavy atom. The van der Waals surface area contributed by atoms with Gasteiger partial charge in [-0.3, -0.25) is 14.2 Å². The molecule has 0 aliphatic carbocycles. The van der Waals surface area contributed by atoms with Gasteiger partial charge >= 0.3 is 11.9 Å². The predicted octanol–water partition coefficient (Wildman–Crippen LogP) is 13.2. The molecule has 0 amide bonds. The fraction of sp³-hybridized carbons (Fsp3) is 0.720. The molecule has 0 radical (unpaired) electrons. The molecule has 0 aromatic heterocycles. The highest BCUT2D eigenvalue weighted by atomic mass is 31.2. The van der Waals surface area contributed by atoms with E-state index in [-0.39, 0.29) is 26.1 Å². The number of phosphoric acid groups is 1. The van der Waals surface area contributed by atoms with E-state index in [1.807, 2.05) is 21.1 Å². The van der Waals surface area contributed by atoms with Crippen molar-refractivity contribution in [2.24, 2.45) is 0 Å². The number of allylic oxidation sites excluding steroid dienone is 12. The van der Waals surface area contributed by atoms with E-state index in [0.717, 1.165) is 57.8 Å². The Labute approximate surface area is 368 Å². The Morgan fingerprint density at radius 2 is 0.917 bits per heavy atom. The second-order valence-corrected chi connectivity index (χ2v) is 18.2. The second-order valence-electron chi connectivity index (χ2n) is 16.8. The van der Waals surface area contributed by atoms with Crippen molar-refractivity contribution in [2.45, 2.75) is 187 Å². The molecule has 0 N–H and O–H groups in total. The lowest BCUT2D eigenvalue weighted by Crippen LogP contribution is -2.37. The zero-order chi connectivity index (χ0) is 44.3. The molecule has 0 aromatic carbocycles. The van der Waals surface area contributed by atoms with Crippen LogP contribution in [0.4, 0.5) is 0 Å². The van der Waals surface area contributed by atoms with E-state index >= 15 is 0 Å². The molecule has 0 heterocycles. The van der Waals surface area contributed by atoms with Crippen LogP contribution in [0.15, 0.2) is 72.9 Å². The van der Waals surface area contributed by atoms with Crippen LogP contribution < -0.4 is 4.89 Å². The first-order valence-electron chi connectivity index (χ1n) is 23.6. The van der Waals surface area contributed by atoms with E-state index in [1.54, 1.807) is 0 Å². The van der Waals surface area contributed by atoms with E-state index in [1.165, 1.54) is 83.5 Å². The molecule has 0 aromatic rings. The maximum Gasteiger partial charge on any atom is 0.306 e. The van der Waals surface area contributed by atoms with Crippen molar-refractivity contribution in [3.05, 3.63) is 72.9 Å². The fourth-order valence-electron chi connectivity index (χ4n) is 5.97. The molecule has 9 nitrogen and oxygen atoms in total. The molecular weight excluding hydrogens is 774 g/mol. The van der Waals surface area contributed by atoms with E-state index < -0.39 is 32.5 Å². The van der Waals surface area contributed by atoms with Gasteiger partial charge in [0.2, 0.25) is 0 Å². The van der Waals surface area contributed by atoms with Crippen LogP contribution in [0.25, 0.3) is 0 Å². The van der Waals surface area contributed by atoms with Crippen LogP contribution in [0.3, 0.4) is 0 Å². The van der Waals surface area contributed by atoms with Gasteiger partial charge in [0.05, 0.1) is 27.7 Å².